The number of carbonyl (C=O) groups is 6. The van der Waals surface area contributed by atoms with Crippen LogP contribution in [-0.2, 0) is 33.5 Å². The Labute approximate surface area is 244 Å². The maximum Gasteiger partial charge on any atom is 0.328 e. The molecule has 0 spiro atoms. The van der Waals surface area contributed by atoms with Gasteiger partial charge in [0.05, 0.1) is 13.0 Å². The number of ether oxygens (including phenoxy) is 1. The summed E-state index contributed by atoms with van der Waals surface area (Å²) >= 11 is 0. The normalized spacial score (nSPS) is 26.1. The molecule has 1 heterocycles. The zero-order chi connectivity index (χ0) is 31.1. The van der Waals surface area contributed by atoms with Crippen LogP contribution >= 0.6 is 0 Å². The van der Waals surface area contributed by atoms with Gasteiger partial charge in [-0.05, 0) is 44.4 Å². The van der Waals surface area contributed by atoms with Gasteiger partial charge in [0.25, 0.3) is 0 Å². The molecular weight excluding hydrogens is 530 g/mol. The van der Waals surface area contributed by atoms with E-state index >= 15 is 0 Å². The minimum atomic E-state index is -1.01. The SMILES string of the molecule is CCCCCCC1CC(=O)NCC(=O)NC(C(C)C)C(=O)N[C@H](CC(C)C)C(=O)N[C@@H](C)C(=O)NC(CC)C(=O)O1. The molecule has 0 saturated carbocycles. The molecule has 1 aliphatic heterocycles. The number of carbonyl (C=O) groups excluding carboxylic acids is 6. The summed E-state index contributed by atoms with van der Waals surface area (Å²) in [6.45, 7) is 12.2. The molecule has 0 radical (unpaired) electrons. The Morgan fingerprint density at radius 3 is 2.02 bits per heavy atom. The van der Waals surface area contributed by atoms with Crippen molar-refractivity contribution in [2.24, 2.45) is 11.8 Å². The summed E-state index contributed by atoms with van der Waals surface area (Å²) in [5.41, 5.74) is 0. The lowest BCUT2D eigenvalue weighted by Crippen LogP contribution is -2.58. The van der Waals surface area contributed by atoms with Crippen LogP contribution in [0, 0.1) is 11.8 Å². The molecule has 1 saturated heterocycles. The molecule has 0 aromatic rings. The summed E-state index contributed by atoms with van der Waals surface area (Å²) in [5.74, 6) is -3.69. The smallest absolute Gasteiger partial charge is 0.328 e. The van der Waals surface area contributed by atoms with Crippen LogP contribution in [0.4, 0.5) is 0 Å². The second-order valence-corrected chi connectivity index (χ2v) is 11.6. The van der Waals surface area contributed by atoms with Crippen LogP contribution in [0.25, 0.3) is 0 Å². The van der Waals surface area contributed by atoms with Crippen LogP contribution in [0.15, 0.2) is 0 Å². The van der Waals surface area contributed by atoms with Gasteiger partial charge in [0.1, 0.15) is 30.3 Å². The third kappa shape index (κ3) is 13.4. The van der Waals surface area contributed by atoms with Crippen LogP contribution in [0.5, 0.6) is 0 Å². The summed E-state index contributed by atoms with van der Waals surface area (Å²) in [6.07, 6.45) is 3.79. The zero-order valence-electron chi connectivity index (χ0n) is 25.8. The fraction of sp³-hybridized carbons (Fsp3) is 0.793. The predicted molar refractivity (Wildman–Crippen MR) is 154 cm³/mol. The van der Waals surface area contributed by atoms with Gasteiger partial charge in [0, 0.05) is 0 Å². The molecule has 5 atom stereocenters. The molecule has 0 aromatic heterocycles. The lowest BCUT2D eigenvalue weighted by molar-refractivity contribution is -0.155. The Bertz CT molecular complexity index is 908. The fourth-order valence-electron chi connectivity index (χ4n) is 4.43. The van der Waals surface area contributed by atoms with Crippen molar-refractivity contribution < 1.29 is 33.5 Å². The number of hydrogen-bond acceptors (Lipinski definition) is 7. The highest BCUT2D eigenvalue weighted by atomic mass is 16.5. The van der Waals surface area contributed by atoms with Crippen molar-refractivity contribution in [2.75, 3.05) is 6.54 Å². The third-order valence-electron chi connectivity index (χ3n) is 6.89. The second-order valence-electron chi connectivity index (χ2n) is 11.6. The van der Waals surface area contributed by atoms with Crippen molar-refractivity contribution in [3.8, 4) is 0 Å². The number of amides is 5. The predicted octanol–water partition coefficient (Wildman–Crippen LogP) is 1.46. The summed E-state index contributed by atoms with van der Waals surface area (Å²) in [7, 11) is 0. The van der Waals surface area contributed by atoms with Crippen molar-refractivity contribution in [3.63, 3.8) is 0 Å². The Morgan fingerprint density at radius 1 is 0.780 bits per heavy atom. The van der Waals surface area contributed by atoms with Crippen molar-refractivity contribution in [3.05, 3.63) is 0 Å². The first kappa shape index (κ1) is 35.8. The molecule has 12 nitrogen and oxygen atoms in total. The first-order chi connectivity index (χ1) is 19.3. The van der Waals surface area contributed by atoms with Gasteiger partial charge in [-0.3, -0.25) is 24.0 Å². The fourth-order valence-corrected chi connectivity index (χ4v) is 4.43. The average molecular weight is 582 g/mol. The molecule has 0 aromatic carbocycles. The van der Waals surface area contributed by atoms with Crippen LogP contribution in [0.1, 0.15) is 99.8 Å². The molecular formula is C29H51N5O7. The van der Waals surface area contributed by atoms with E-state index in [1.54, 1.807) is 20.8 Å². The minimum absolute atomic E-state index is 0.0354. The molecule has 1 fully saturated rings. The minimum Gasteiger partial charge on any atom is -0.460 e. The van der Waals surface area contributed by atoms with Crippen LogP contribution in [0.3, 0.4) is 0 Å². The molecule has 1 aliphatic rings. The monoisotopic (exact) mass is 581 g/mol. The van der Waals surface area contributed by atoms with Crippen molar-refractivity contribution in [1.82, 2.24) is 26.6 Å². The van der Waals surface area contributed by atoms with Crippen LogP contribution in [0.2, 0.25) is 0 Å². The van der Waals surface area contributed by atoms with Gasteiger partial charge in [-0.15, -0.1) is 0 Å². The second kappa shape index (κ2) is 18.3. The molecule has 5 amide bonds. The third-order valence-corrected chi connectivity index (χ3v) is 6.89. The maximum atomic E-state index is 13.2. The van der Waals surface area contributed by atoms with Crippen molar-refractivity contribution in [1.29, 1.82) is 0 Å². The number of unbranched alkanes of at least 4 members (excludes halogenated alkanes) is 3. The van der Waals surface area contributed by atoms with Gasteiger partial charge in [-0.1, -0.05) is 60.8 Å². The number of rotatable bonds is 9. The van der Waals surface area contributed by atoms with Gasteiger partial charge in [-0.2, -0.15) is 0 Å². The van der Waals surface area contributed by atoms with Gasteiger partial charge in [0.2, 0.25) is 29.5 Å². The van der Waals surface area contributed by atoms with Crippen LogP contribution in [-0.4, -0.2) is 72.3 Å². The molecule has 0 aliphatic carbocycles. The standard InChI is InChI=1S/C29H51N5O7/c1-8-10-11-12-13-20-15-23(35)30-16-24(36)34-25(18(5)6)28(39)33-22(14-17(3)4)27(38)31-19(7)26(37)32-21(9-2)29(40)41-20/h17-22,25H,8-16H2,1-7H3,(H,30,35)(H,31,38)(H,32,37)(H,33,39)(H,34,36)/t19-,20?,21?,22+,25?/m0/s1. The van der Waals surface area contributed by atoms with E-state index in [2.05, 4.69) is 33.5 Å². The molecule has 41 heavy (non-hydrogen) atoms. The molecule has 12 heteroatoms. The Balaban J connectivity index is 3.27. The molecule has 5 N–H and O–H groups in total. The Hall–Kier alpha value is -3.18. The number of nitrogens with one attached hydrogen (secondary N) is 5. The first-order valence-electron chi connectivity index (χ1n) is 15.0. The lowest BCUT2D eigenvalue weighted by atomic mass is 9.99. The number of cyclic esters (lactones) is 1. The molecule has 0 bridgehead atoms. The highest BCUT2D eigenvalue weighted by molar-refractivity contribution is 5.95. The van der Waals surface area contributed by atoms with Gasteiger partial charge in [0.15, 0.2) is 0 Å². The first-order valence-corrected chi connectivity index (χ1v) is 15.0. The van der Waals surface area contributed by atoms with Gasteiger partial charge in [-0.25, -0.2) is 4.79 Å². The Morgan fingerprint density at radius 2 is 1.44 bits per heavy atom. The van der Waals surface area contributed by atoms with E-state index in [1.807, 2.05) is 13.8 Å². The van der Waals surface area contributed by atoms with Gasteiger partial charge < -0.3 is 31.3 Å². The Kier molecular flexibility index (Phi) is 16.0. The summed E-state index contributed by atoms with van der Waals surface area (Å²) in [4.78, 5) is 77.6. The van der Waals surface area contributed by atoms with E-state index < -0.39 is 65.8 Å². The highest BCUT2D eigenvalue weighted by Crippen LogP contribution is 2.14. The van der Waals surface area contributed by atoms with E-state index in [0.29, 0.717) is 12.8 Å². The van der Waals surface area contributed by atoms with Crippen molar-refractivity contribution >= 4 is 35.5 Å². The number of esters is 1. The lowest BCUT2D eigenvalue weighted by Gasteiger charge is -2.27. The van der Waals surface area contributed by atoms with E-state index in [-0.39, 0.29) is 31.2 Å². The molecule has 3 unspecified atom stereocenters. The van der Waals surface area contributed by atoms with E-state index in [4.69, 9.17) is 4.74 Å². The van der Waals surface area contributed by atoms with Gasteiger partial charge >= 0.3 is 5.97 Å². The van der Waals surface area contributed by atoms with E-state index in [1.165, 1.54) is 6.92 Å². The summed E-state index contributed by atoms with van der Waals surface area (Å²) in [5, 5.41) is 13.1. The quantitative estimate of drug-likeness (QED) is 0.203. The van der Waals surface area contributed by atoms with E-state index in [9.17, 15) is 28.8 Å². The summed E-state index contributed by atoms with van der Waals surface area (Å²) < 4.78 is 5.67. The topological polar surface area (TPSA) is 172 Å². The average Bonchev–Trinajstić information content (AvgIpc) is 2.89. The summed E-state index contributed by atoms with van der Waals surface area (Å²) in [6, 6.07) is -3.90. The maximum absolute atomic E-state index is 13.2. The highest BCUT2D eigenvalue weighted by Gasteiger charge is 2.32. The largest absolute Gasteiger partial charge is 0.460 e. The number of hydrogen-bond donors (Lipinski definition) is 5. The zero-order valence-corrected chi connectivity index (χ0v) is 25.8. The van der Waals surface area contributed by atoms with E-state index in [0.717, 1.165) is 25.7 Å². The van der Waals surface area contributed by atoms with Crippen molar-refractivity contribution in [2.45, 2.75) is 130 Å². The molecule has 234 valence electrons. The molecule has 1 rings (SSSR count). The van der Waals surface area contributed by atoms with Crippen LogP contribution < -0.4 is 26.6 Å².